The van der Waals surface area contributed by atoms with Gasteiger partial charge >= 0.3 is 0 Å². The highest BCUT2D eigenvalue weighted by molar-refractivity contribution is 9.09. The lowest BCUT2D eigenvalue weighted by atomic mass is 9.28. The molecule has 170 valence electrons. The molecule has 8 aliphatic carbocycles. The Morgan fingerprint density at radius 1 is 0.700 bits per heavy atom. The van der Waals surface area contributed by atoms with Crippen LogP contribution in [0.4, 0.5) is 0 Å². The molecule has 8 saturated carbocycles. The first-order valence-electron chi connectivity index (χ1n) is 13.1. The van der Waals surface area contributed by atoms with Crippen molar-refractivity contribution in [1.29, 1.82) is 0 Å². The first kappa shape index (κ1) is 21.0. The van der Waals surface area contributed by atoms with Gasteiger partial charge in [-0.25, -0.2) is 0 Å². The molecule has 0 heterocycles. The Balaban J connectivity index is 1.40. The third-order valence-corrected chi connectivity index (χ3v) is 11.7. The molecule has 8 fully saturated rings. The molecule has 0 saturated heterocycles. The maximum absolute atomic E-state index is 6.99. The van der Waals surface area contributed by atoms with E-state index in [4.69, 9.17) is 4.74 Å². The predicted octanol–water partition coefficient (Wildman–Crippen LogP) is 8.29. The maximum Gasteiger partial charge on any atom is 0.0698 e. The Labute approximate surface area is 194 Å². The molecule has 2 heteroatoms. The van der Waals surface area contributed by atoms with Gasteiger partial charge in [0.15, 0.2) is 0 Å². The van der Waals surface area contributed by atoms with Crippen LogP contribution < -0.4 is 0 Å². The van der Waals surface area contributed by atoms with Gasteiger partial charge in [-0.3, -0.25) is 0 Å². The number of rotatable bonds is 5. The molecular formula is C28H45BrO. The van der Waals surface area contributed by atoms with E-state index in [9.17, 15) is 0 Å². The monoisotopic (exact) mass is 476 g/mol. The quantitative estimate of drug-likeness (QED) is 0.362. The van der Waals surface area contributed by atoms with Crippen LogP contribution in [-0.4, -0.2) is 17.0 Å². The zero-order chi connectivity index (χ0) is 21.3. The number of hydrogen-bond acceptors (Lipinski definition) is 1. The molecule has 0 radical (unpaired) electrons. The van der Waals surface area contributed by atoms with E-state index in [0.29, 0.717) is 37.3 Å². The summed E-state index contributed by atoms with van der Waals surface area (Å²) in [6.07, 6.45) is 18.9. The Morgan fingerprint density at radius 2 is 1.23 bits per heavy atom. The van der Waals surface area contributed by atoms with Gasteiger partial charge in [-0.05, 0) is 122 Å². The van der Waals surface area contributed by atoms with Crippen LogP contribution in [-0.2, 0) is 4.74 Å². The van der Waals surface area contributed by atoms with E-state index in [-0.39, 0.29) is 5.60 Å². The van der Waals surface area contributed by atoms with Crippen molar-refractivity contribution in [1.82, 2.24) is 0 Å². The second-order valence-corrected chi connectivity index (χ2v) is 17.0. The third-order valence-electron chi connectivity index (χ3n) is 11.2. The van der Waals surface area contributed by atoms with Gasteiger partial charge in [0, 0.05) is 11.4 Å². The van der Waals surface area contributed by atoms with Gasteiger partial charge in [0.25, 0.3) is 0 Å². The van der Waals surface area contributed by atoms with Crippen molar-refractivity contribution in [3.63, 3.8) is 0 Å². The van der Waals surface area contributed by atoms with Crippen LogP contribution in [0.15, 0.2) is 0 Å². The Bertz CT molecular complexity index is 718. The molecule has 8 bridgehead atoms. The molecule has 5 unspecified atom stereocenters. The fourth-order valence-electron chi connectivity index (χ4n) is 12.8. The lowest BCUT2D eigenvalue weighted by molar-refractivity contribution is -0.306. The number of hydrogen-bond donors (Lipinski definition) is 0. The predicted molar refractivity (Wildman–Crippen MR) is 128 cm³/mol. The molecule has 0 amide bonds. The van der Waals surface area contributed by atoms with Crippen LogP contribution in [0.2, 0.25) is 0 Å². The molecule has 0 aromatic carbocycles. The zero-order valence-corrected chi connectivity index (χ0v) is 21.9. The van der Waals surface area contributed by atoms with Gasteiger partial charge in [-0.1, -0.05) is 50.5 Å². The summed E-state index contributed by atoms with van der Waals surface area (Å²) >= 11 is 3.76. The summed E-state index contributed by atoms with van der Waals surface area (Å²) in [6.45, 7) is 13.9. The zero-order valence-electron chi connectivity index (χ0n) is 20.3. The van der Waals surface area contributed by atoms with Gasteiger partial charge in [0.1, 0.15) is 0 Å². The van der Waals surface area contributed by atoms with E-state index < -0.39 is 0 Å². The van der Waals surface area contributed by atoms with Crippen molar-refractivity contribution in [3.05, 3.63) is 0 Å². The van der Waals surface area contributed by atoms with E-state index >= 15 is 0 Å². The number of alkyl halides is 1. The lowest BCUT2D eigenvalue weighted by Gasteiger charge is -2.78. The fourth-order valence-corrected chi connectivity index (χ4v) is 13.0. The Morgan fingerprint density at radius 3 is 1.77 bits per heavy atom. The minimum absolute atomic E-state index is 0.172. The minimum atomic E-state index is 0.172. The van der Waals surface area contributed by atoms with Crippen LogP contribution in [0, 0.1) is 38.4 Å². The average molecular weight is 478 g/mol. The van der Waals surface area contributed by atoms with Crippen molar-refractivity contribution in [2.45, 2.75) is 129 Å². The molecule has 30 heavy (non-hydrogen) atoms. The van der Waals surface area contributed by atoms with Crippen LogP contribution in [0.25, 0.3) is 0 Å². The van der Waals surface area contributed by atoms with E-state index in [2.05, 4.69) is 50.5 Å². The van der Waals surface area contributed by atoms with E-state index in [0.717, 1.165) is 18.9 Å². The summed E-state index contributed by atoms with van der Waals surface area (Å²) in [6, 6.07) is 0. The van der Waals surface area contributed by atoms with Crippen molar-refractivity contribution in [3.8, 4) is 0 Å². The van der Waals surface area contributed by atoms with Crippen molar-refractivity contribution in [2.24, 2.45) is 38.4 Å². The fraction of sp³-hybridized carbons (Fsp3) is 1.00. The van der Waals surface area contributed by atoms with Crippen molar-refractivity contribution < 1.29 is 4.74 Å². The molecule has 0 N–H and O–H groups in total. The van der Waals surface area contributed by atoms with Gasteiger partial charge in [0.05, 0.1) is 5.60 Å². The first-order valence-corrected chi connectivity index (χ1v) is 14.0. The summed E-state index contributed by atoms with van der Waals surface area (Å²) in [5, 5.41) is 0. The lowest BCUT2D eigenvalue weighted by Crippen LogP contribution is -2.70. The second-order valence-electron chi connectivity index (χ2n) is 15.5. The molecule has 0 spiro atoms. The Kier molecular flexibility index (Phi) is 4.14. The highest BCUT2D eigenvalue weighted by Gasteiger charge is 2.74. The molecule has 8 aliphatic rings. The smallest absolute Gasteiger partial charge is 0.0698 e. The largest absolute Gasteiger partial charge is 0.375 e. The Hall–Kier alpha value is 0.440. The molecule has 8 rings (SSSR count). The minimum Gasteiger partial charge on any atom is -0.375 e. The summed E-state index contributed by atoms with van der Waals surface area (Å²) < 4.78 is 6.99. The highest BCUT2D eigenvalue weighted by atomic mass is 79.9. The van der Waals surface area contributed by atoms with Gasteiger partial charge in [-0.2, -0.15) is 0 Å². The van der Waals surface area contributed by atoms with Crippen LogP contribution in [0.1, 0.15) is 118 Å². The van der Waals surface area contributed by atoms with E-state index in [1.54, 1.807) is 6.42 Å². The van der Waals surface area contributed by atoms with Crippen LogP contribution in [0.3, 0.4) is 0 Å². The molecule has 5 atom stereocenters. The van der Waals surface area contributed by atoms with Gasteiger partial charge in [0.2, 0.25) is 0 Å². The number of halogens is 1. The molecular weight excluding hydrogens is 432 g/mol. The molecule has 0 aromatic rings. The SMILES string of the molecule is CC(Br)CCOC12CC3(C)CC(C)(C1)CC(C14CC5CC(C)(CC(C)(C5)C1)C4)(C3)C2. The van der Waals surface area contributed by atoms with Crippen LogP contribution in [0.5, 0.6) is 0 Å². The van der Waals surface area contributed by atoms with Gasteiger partial charge < -0.3 is 4.74 Å². The van der Waals surface area contributed by atoms with Gasteiger partial charge in [-0.15, -0.1) is 0 Å². The number of ether oxygens (including phenoxy) is 1. The topological polar surface area (TPSA) is 9.23 Å². The summed E-state index contributed by atoms with van der Waals surface area (Å²) in [4.78, 5) is 0.564. The molecule has 0 aromatic heterocycles. The van der Waals surface area contributed by atoms with Crippen molar-refractivity contribution in [2.75, 3.05) is 6.61 Å². The van der Waals surface area contributed by atoms with E-state index in [1.165, 1.54) is 70.6 Å². The second kappa shape index (κ2) is 5.92. The average Bonchev–Trinajstić information content (AvgIpc) is 2.46. The summed E-state index contributed by atoms with van der Waals surface area (Å²) in [7, 11) is 0. The van der Waals surface area contributed by atoms with Crippen LogP contribution >= 0.6 is 15.9 Å². The van der Waals surface area contributed by atoms with Crippen molar-refractivity contribution >= 4 is 15.9 Å². The highest BCUT2D eigenvalue weighted by Crippen LogP contribution is 2.82. The summed E-state index contributed by atoms with van der Waals surface area (Å²) in [5.74, 6) is 1.01. The first-order chi connectivity index (χ1) is 13.8. The van der Waals surface area contributed by atoms with E-state index in [1.807, 2.05) is 0 Å². The maximum atomic E-state index is 6.99. The third kappa shape index (κ3) is 2.93. The normalized spacial score (nSPS) is 61.6. The summed E-state index contributed by atoms with van der Waals surface area (Å²) in [5.41, 5.74) is 3.59. The molecule has 1 nitrogen and oxygen atoms in total. The standard InChI is InChI=1S/C28H45BrO/c1-20(29)6-7-30-28-17-24(4)12-25(5,18-28)16-27(15-24,19-28)26-10-21-8-22(2,13-26)11-23(3,9-21)14-26/h20-21H,6-19H2,1-5H3. The molecule has 0 aliphatic heterocycles.